The van der Waals surface area contributed by atoms with E-state index >= 15 is 0 Å². The predicted octanol–water partition coefficient (Wildman–Crippen LogP) is 3.81. The molecule has 0 spiro atoms. The van der Waals surface area contributed by atoms with Crippen LogP contribution in [-0.2, 0) is 9.31 Å². The van der Waals surface area contributed by atoms with Crippen LogP contribution in [0.3, 0.4) is 0 Å². The zero-order valence-electron chi connectivity index (χ0n) is 13.3. The number of hydrogen-bond donors (Lipinski definition) is 0. The molecule has 1 saturated heterocycles. The number of benzene rings is 1. The fourth-order valence-electron chi connectivity index (χ4n) is 2.41. The number of hydrogen-bond acceptors (Lipinski definition) is 3. The summed E-state index contributed by atoms with van der Waals surface area (Å²) in [6, 6.07) is 12.1. The third-order valence-corrected chi connectivity index (χ3v) is 4.86. The Labute approximate surface area is 140 Å². The van der Waals surface area contributed by atoms with Gasteiger partial charge in [-0.25, -0.2) is 0 Å². The molecule has 1 aliphatic rings. The van der Waals surface area contributed by atoms with Gasteiger partial charge in [-0.05, 0) is 57.4 Å². The van der Waals surface area contributed by atoms with Crippen molar-refractivity contribution in [2.75, 3.05) is 0 Å². The normalized spacial score (nSPS) is 19.4. The van der Waals surface area contributed by atoms with Crippen molar-refractivity contribution >= 4 is 28.5 Å². The van der Waals surface area contributed by atoms with E-state index in [0.29, 0.717) is 0 Å². The van der Waals surface area contributed by atoms with E-state index in [1.165, 1.54) is 0 Å². The van der Waals surface area contributed by atoms with E-state index in [2.05, 4.69) is 60.7 Å². The van der Waals surface area contributed by atoms with Gasteiger partial charge in [-0.2, -0.15) is 0 Å². The Kier molecular flexibility index (Phi) is 3.92. The van der Waals surface area contributed by atoms with E-state index in [1.54, 1.807) is 6.20 Å². The van der Waals surface area contributed by atoms with Crippen molar-refractivity contribution in [2.24, 2.45) is 0 Å². The zero-order valence-corrected chi connectivity index (χ0v) is 14.8. The zero-order chi connectivity index (χ0) is 16.0. The van der Waals surface area contributed by atoms with Crippen LogP contribution in [0.2, 0.25) is 0 Å². The maximum atomic E-state index is 6.13. The van der Waals surface area contributed by atoms with E-state index in [1.807, 2.05) is 24.3 Å². The van der Waals surface area contributed by atoms with Crippen LogP contribution in [0, 0.1) is 0 Å². The molecule has 114 valence electrons. The number of halogens is 1. The molecule has 5 heteroatoms. The second kappa shape index (κ2) is 5.48. The van der Waals surface area contributed by atoms with Crippen molar-refractivity contribution < 1.29 is 9.31 Å². The Morgan fingerprint density at radius 3 is 2.27 bits per heavy atom. The second-order valence-corrected chi connectivity index (χ2v) is 7.49. The smallest absolute Gasteiger partial charge is 0.399 e. The van der Waals surface area contributed by atoms with Crippen LogP contribution in [0.1, 0.15) is 27.7 Å². The molecule has 2 heterocycles. The standard InChI is InChI=1S/C17H19BBrNO2/c1-16(2)17(3,4)22-18(21-16)13-9-12(10-14(19)11-13)15-7-5-6-8-20-15/h5-11H,1-4H3. The molecule has 1 aromatic heterocycles. The van der Waals surface area contributed by atoms with Gasteiger partial charge in [-0.15, -0.1) is 0 Å². The van der Waals surface area contributed by atoms with Gasteiger partial charge in [0.1, 0.15) is 0 Å². The third-order valence-electron chi connectivity index (χ3n) is 4.41. The summed E-state index contributed by atoms with van der Waals surface area (Å²) in [6.45, 7) is 8.24. The predicted molar refractivity (Wildman–Crippen MR) is 93.1 cm³/mol. The van der Waals surface area contributed by atoms with Crippen molar-refractivity contribution in [3.63, 3.8) is 0 Å². The molecule has 2 aromatic rings. The van der Waals surface area contributed by atoms with Gasteiger partial charge in [-0.3, -0.25) is 4.98 Å². The van der Waals surface area contributed by atoms with Gasteiger partial charge in [0.15, 0.2) is 0 Å². The van der Waals surface area contributed by atoms with E-state index in [-0.39, 0.29) is 18.3 Å². The molecule has 22 heavy (non-hydrogen) atoms. The van der Waals surface area contributed by atoms with Gasteiger partial charge >= 0.3 is 7.12 Å². The summed E-state index contributed by atoms with van der Waals surface area (Å²) >= 11 is 3.58. The van der Waals surface area contributed by atoms with Crippen LogP contribution < -0.4 is 5.46 Å². The lowest BCUT2D eigenvalue weighted by molar-refractivity contribution is 0.00578. The Balaban J connectivity index is 1.98. The Morgan fingerprint density at radius 1 is 1.00 bits per heavy atom. The molecule has 0 radical (unpaired) electrons. The molecule has 0 N–H and O–H groups in total. The fraction of sp³-hybridized carbons (Fsp3) is 0.353. The number of rotatable bonds is 2. The molecule has 0 aliphatic carbocycles. The molecular formula is C17H19BBrNO2. The van der Waals surface area contributed by atoms with Crippen molar-refractivity contribution in [3.8, 4) is 11.3 Å². The molecule has 3 rings (SSSR count). The first-order valence-electron chi connectivity index (χ1n) is 7.36. The SMILES string of the molecule is CC1(C)OB(c2cc(Br)cc(-c3ccccn3)c2)OC1(C)C. The maximum absolute atomic E-state index is 6.13. The van der Waals surface area contributed by atoms with Gasteiger partial charge in [0.05, 0.1) is 16.9 Å². The summed E-state index contributed by atoms with van der Waals surface area (Å²) in [4.78, 5) is 4.41. The lowest BCUT2D eigenvalue weighted by atomic mass is 9.78. The molecular weight excluding hydrogens is 341 g/mol. The number of pyridine rings is 1. The quantitative estimate of drug-likeness (QED) is 0.764. The summed E-state index contributed by atoms with van der Waals surface area (Å²) < 4.78 is 13.3. The topological polar surface area (TPSA) is 31.4 Å². The summed E-state index contributed by atoms with van der Waals surface area (Å²) in [5, 5.41) is 0. The average molecular weight is 360 g/mol. The number of nitrogens with zero attached hydrogens (tertiary/aromatic N) is 1. The largest absolute Gasteiger partial charge is 0.494 e. The highest BCUT2D eigenvalue weighted by Gasteiger charge is 2.51. The van der Waals surface area contributed by atoms with Crippen LogP contribution in [0.15, 0.2) is 47.1 Å². The summed E-state index contributed by atoms with van der Waals surface area (Å²) in [5.74, 6) is 0. The van der Waals surface area contributed by atoms with Crippen molar-refractivity contribution in [3.05, 3.63) is 47.1 Å². The first kappa shape index (κ1) is 15.7. The van der Waals surface area contributed by atoms with Gasteiger partial charge in [0, 0.05) is 16.2 Å². The Bertz CT molecular complexity index is 672. The summed E-state index contributed by atoms with van der Waals surface area (Å²) in [6.07, 6.45) is 1.80. The van der Waals surface area contributed by atoms with E-state index in [9.17, 15) is 0 Å². The monoisotopic (exact) mass is 359 g/mol. The minimum absolute atomic E-state index is 0.342. The van der Waals surface area contributed by atoms with Gasteiger partial charge in [0.2, 0.25) is 0 Å². The molecule has 0 atom stereocenters. The van der Waals surface area contributed by atoms with Crippen LogP contribution >= 0.6 is 15.9 Å². The molecule has 0 amide bonds. The van der Waals surface area contributed by atoms with Crippen LogP contribution in [-0.4, -0.2) is 23.3 Å². The lowest BCUT2D eigenvalue weighted by Gasteiger charge is -2.32. The minimum Gasteiger partial charge on any atom is -0.399 e. The van der Waals surface area contributed by atoms with Crippen molar-refractivity contribution in [1.29, 1.82) is 0 Å². The minimum atomic E-state index is -0.370. The lowest BCUT2D eigenvalue weighted by Crippen LogP contribution is -2.41. The molecule has 0 unspecified atom stereocenters. The highest BCUT2D eigenvalue weighted by Crippen LogP contribution is 2.36. The average Bonchev–Trinajstić information content (AvgIpc) is 2.68. The number of aromatic nitrogens is 1. The fourth-order valence-corrected chi connectivity index (χ4v) is 2.92. The van der Waals surface area contributed by atoms with Crippen molar-refractivity contribution in [2.45, 2.75) is 38.9 Å². The van der Waals surface area contributed by atoms with Gasteiger partial charge < -0.3 is 9.31 Å². The highest BCUT2D eigenvalue weighted by atomic mass is 79.9. The van der Waals surface area contributed by atoms with E-state index < -0.39 is 0 Å². The first-order valence-corrected chi connectivity index (χ1v) is 8.15. The van der Waals surface area contributed by atoms with Gasteiger partial charge in [0.25, 0.3) is 0 Å². The molecule has 0 bridgehead atoms. The van der Waals surface area contributed by atoms with E-state index in [4.69, 9.17) is 9.31 Å². The first-order chi connectivity index (χ1) is 10.3. The van der Waals surface area contributed by atoms with Gasteiger partial charge in [-0.1, -0.05) is 28.1 Å². The molecule has 1 aliphatic heterocycles. The van der Waals surface area contributed by atoms with Crippen LogP contribution in [0.5, 0.6) is 0 Å². The molecule has 0 saturated carbocycles. The molecule has 1 aromatic carbocycles. The van der Waals surface area contributed by atoms with Crippen LogP contribution in [0.25, 0.3) is 11.3 Å². The Hall–Kier alpha value is -1.17. The van der Waals surface area contributed by atoms with Crippen LogP contribution in [0.4, 0.5) is 0 Å². The molecule has 3 nitrogen and oxygen atoms in total. The molecule has 1 fully saturated rings. The summed E-state index contributed by atoms with van der Waals surface area (Å²) in [5.41, 5.74) is 2.28. The Morgan fingerprint density at radius 2 is 1.68 bits per heavy atom. The third kappa shape index (κ3) is 2.85. The summed E-state index contributed by atoms with van der Waals surface area (Å²) in [7, 11) is -0.370. The van der Waals surface area contributed by atoms with E-state index in [0.717, 1.165) is 21.2 Å². The second-order valence-electron chi connectivity index (χ2n) is 6.58. The van der Waals surface area contributed by atoms with Crippen molar-refractivity contribution in [1.82, 2.24) is 4.98 Å². The highest BCUT2D eigenvalue weighted by molar-refractivity contribution is 9.10. The maximum Gasteiger partial charge on any atom is 0.494 e.